The molecule has 1 fully saturated rings. The van der Waals surface area contributed by atoms with E-state index in [9.17, 15) is 9.18 Å². The van der Waals surface area contributed by atoms with Gasteiger partial charge in [-0.05, 0) is 62.4 Å². The molecule has 4 rings (SSSR count). The van der Waals surface area contributed by atoms with Crippen LogP contribution in [-0.2, 0) is 0 Å². The summed E-state index contributed by atoms with van der Waals surface area (Å²) in [6.45, 7) is 2.32. The third-order valence-corrected chi connectivity index (χ3v) is 5.20. The Hall–Kier alpha value is -2.45. The second-order valence-corrected chi connectivity index (χ2v) is 7.20. The number of rotatable bonds is 5. The first-order chi connectivity index (χ1) is 13.1. The molecular formula is C19H21FN4O2S. The van der Waals surface area contributed by atoms with Gasteiger partial charge in [-0.25, -0.2) is 4.39 Å². The number of hydrogen-bond donors (Lipinski definition) is 3. The fourth-order valence-corrected chi connectivity index (χ4v) is 3.90. The van der Waals surface area contributed by atoms with Crippen LogP contribution >= 0.6 is 12.2 Å². The van der Waals surface area contributed by atoms with Crippen LogP contribution in [0.1, 0.15) is 41.4 Å². The molecular weight excluding hydrogens is 367 g/mol. The van der Waals surface area contributed by atoms with E-state index in [1.165, 1.54) is 18.6 Å². The molecule has 27 heavy (non-hydrogen) atoms. The Kier molecular flexibility index (Phi) is 5.09. The van der Waals surface area contributed by atoms with E-state index >= 15 is 0 Å². The van der Waals surface area contributed by atoms with Gasteiger partial charge in [0.2, 0.25) is 0 Å². The summed E-state index contributed by atoms with van der Waals surface area (Å²) in [7, 11) is 0. The molecule has 1 saturated heterocycles. The van der Waals surface area contributed by atoms with Gasteiger partial charge in [-0.1, -0.05) is 6.42 Å². The maximum atomic E-state index is 13.9. The summed E-state index contributed by atoms with van der Waals surface area (Å²) in [5.41, 5.74) is 1.21. The smallest absolute Gasteiger partial charge is 0.253 e. The lowest BCUT2D eigenvalue weighted by atomic mass is 10.1. The van der Waals surface area contributed by atoms with Gasteiger partial charge in [0.05, 0.1) is 28.9 Å². The van der Waals surface area contributed by atoms with Crippen molar-refractivity contribution in [2.45, 2.75) is 25.3 Å². The topological polar surface area (TPSA) is 77.1 Å². The lowest BCUT2D eigenvalue weighted by Gasteiger charge is -2.33. The van der Waals surface area contributed by atoms with Crippen molar-refractivity contribution in [3.63, 3.8) is 0 Å². The fraction of sp³-hybridized carbons (Fsp3) is 0.368. The highest BCUT2D eigenvalue weighted by Crippen LogP contribution is 2.25. The van der Waals surface area contributed by atoms with E-state index in [-0.39, 0.29) is 17.5 Å². The van der Waals surface area contributed by atoms with Crippen molar-refractivity contribution in [3.8, 4) is 0 Å². The summed E-state index contributed by atoms with van der Waals surface area (Å²) in [5, 5.41) is 2.94. The highest BCUT2D eigenvalue weighted by molar-refractivity contribution is 7.71. The predicted octanol–water partition coefficient (Wildman–Crippen LogP) is 3.91. The zero-order valence-corrected chi connectivity index (χ0v) is 15.6. The van der Waals surface area contributed by atoms with Crippen LogP contribution in [-0.4, -0.2) is 40.4 Å². The first-order valence-electron chi connectivity index (χ1n) is 9.09. The van der Waals surface area contributed by atoms with E-state index in [1.54, 1.807) is 6.26 Å². The number of imidazole rings is 1. The molecule has 0 spiro atoms. The van der Waals surface area contributed by atoms with Crippen molar-refractivity contribution in [1.29, 1.82) is 0 Å². The molecule has 8 heteroatoms. The summed E-state index contributed by atoms with van der Waals surface area (Å²) in [6, 6.07) is 6.27. The standard InChI is InChI=1S/C19H21FN4O2S/c20-12-9-13(17-14(10-12)22-19(27)23-17)18(25)21-11-15(16-5-4-8-26-16)24-6-2-1-3-7-24/h4-5,8-10,15H,1-3,6-7,11H2,(H,21,25)(H2,22,23,27). The van der Waals surface area contributed by atoms with Crippen molar-refractivity contribution in [1.82, 2.24) is 20.2 Å². The van der Waals surface area contributed by atoms with Crippen molar-refractivity contribution in [2.75, 3.05) is 19.6 Å². The molecule has 0 radical (unpaired) electrons. The van der Waals surface area contributed by atoms with Crippen molar-refractivity contribution >= 4 is 29.2 Å². The minimum Gasteiger partial charge on any atom is -0.468 e. The second kappa shape index (κ2) is 7.66. The molecule has 1 unspecified atom stereocenters. The van der Waals surface area contributed by atoms with Crippen LogP contribution in [0.15, 0.2) is 34.9 Å². The molecule has 1 aliphatic rings. The van der Waals surface area contributed by atoms with E-state index in [4.69, 9.17) is 16.6 Å². The minimum atomic E-state index is -0.489. The monoisotopic (exact) mass is 388 g/mol. The van der Waals surface area contributed by atoms with Gasteiger partial charge in [0, 0.05) is 6.54 Å². The van der Waals surface area contributed by atoms with E-state index in [1.807, 2.05) is 12.1 Å². The predicted molar refractivity (Wildman–Crippen MR) is 103 cm³/mol. The number of hydrogen-bond acceptors (Lipinski definition) is 4. The highest BCUT2D eigenvalue weighted by Gasteiger charge is 2.25. The van der Waals surface area contributed by atoms with E-state index in [0.29, 0.717) is 22.3 Å². The molecule has 3 N–H and O–H groups in total. The molecule has 3 aromatic rings. The Bertz CT molecular complexity index is 989. The Balaban J connectivity index is 1.56. The van der Waals surface area contributed by atoms with Crippen LogP contribution in [0.2, 0.25) is 0 Å². The van der Waals surface area contributed by atoms with Crippen molar-refractivity contribution in [3.05, 3.63) is 52.4 Å². The Morgan fingerprint density at radius 2 is 2.11 bits per heavy atom. The van der Waals surface area contributed by atoms with Gasteiger partial charge in [0.1, 0.15) is 11.6 Å². The van der Waals surface area contributed by atoms with Crippen LogP contribution in [0.5, 0.6) is 0 Å². The number of nitrogens with one attached hydrogen (secondary N) is 3. The number of nitrogens with zero attached hydrogens (tertiary/aromatic N) is 1. The first-order valence-corrected chi connectivity index (χ1v) is 9.50. The number of fused-ring (bicyclic) bond motifs is 1. The molecule has 2 aromatic heterocycles. The largest absolute Gasteiger partial charge is 0.468 e. The SMILES string of the molecule is O=C(NCC(c1ccco1)N1CCCCC1)c1cc(F)cc2[nH]c(=S)[nH]c12. The molecule has 142 valence electrons. The third-order valence-electron chi connectivity index (χ3n) is 4.99. The molecule has 3 heterocycles. The van der Waals surface area contributed by atoms with Crippen LogP contribution in [0, 0.1) is 10.6 Å². The number of piperidine rings is 1. The van der Waals surface area contributed by atoms with Gasteiger partial charge in [-0.2, -0.15) is 0 Å². The maximum absolute atomic E-state index is 13.9. The number of carbonyl (C=O) groups is 1. The number of halogens is 1. The number of benzene rings is 1. The van der Waals surface area contributed by atoms with Crippen molar-refractivity contribution in [2.24, 2.45) is 0 Å². The molecule has 1 amide bonds. The second-order valence-electron chi connectivity index (χ2n) is 6.79. The van der Waals surface area contributed by atoms with Gasteiger partial charge in [-0.3, -0.25) is 9.69 Å². The Morgan fingerprint density at radius 1 is 1.30 bits per heavy atom. The van der Waals surface area contributed by atoms with Crippen molar-refractivity contribution < 1.29 is 13.6 Å². The van der Waals surface area contributed by atoms with E-state index < -0.39 is 5.82 Å². The summed E-state index contributed by atoms with van der Waals surface area (Å²) in [5.74, 6) is -0.0162. The maximum Gasteiger partial charge on any atom is 0.253 e. The average molecular weight is 388 g/mol. The molecule has 1 aliphatic heterocycles. The number of carbonyl (C=O) groups excluding carboxylic acids is 1. The molecule has 6 nitrogen and oxygen atoms in total. The van der Waals surface area contributed by atoms with E-state index in [2.05, 4.69) is 20.2 Å². The lowest BCUT2D eigenvalue weighted by Crippen LogP contribution is -2.40. The zero-order valence-electron chi connectivity index (χ0n) is 14.8. The summed E-state index contributed by atoms with van der Waals surface area (Å²) >= 11 is 5.06. The lowest BCUT2D eigenvalue weighted by molar-refractivity contribution is 0.0915. The summed E-state index contributed by atoms with van der Waals surface area (Å²) < 4.78 is 19.9. The van der Waals surface area contributed by atoms with Crippen LogP contribution < -0.4 is 5.32 Å². The van der Waals surface area contributed by atoms with Gasteiger partial charge in [-0.15, -0.1) is 0 Å². The third kappa shape index (κ3) is 3.81. The number of likely N-dealkylation sites (tertiary alicyclic amines) is 1. The van der Waals surface area contributed by atoms with Crippen LogP contribution in [0.4, 0.5) is 4.39 Å². The average Bonchev–Trinajstić information content (AvgIpc) is 3.31. The highest BCUT2D eigenvalue weighted by atomic mass is 32.1. The summed E-state index contributed by atoms with van der Waals surface area (Å²) in [6.07, 6.45) is 5.14. The number of aromatic amines is 2. The molecule has 0 aliphatic carbocycles. The van der Waals surface area contributed by atoms with Gasteiger partial charge in [0.15, 0.2) is 4.77 Å². The van der Waals surface area contributed by atoms with E-state index in [0.717, 1.165) is 31.7 Å². The number of furan rings is 1. The Labute approximate surface area is 160 Å². The molecule has 1 atom stereocenters. The molecule has 1 aromatic carbocycles. The number of aromatic nitrogens is 2. The quantitative estimate of drug-likeness (QED) is 0.579. The van der Waals surface area contributed by atoms with Crippen LogP contribution in [0.3, 0.4) is 0 Å². The molecule has 0 saturated carbocycles. The molecule has 0 bridgehead atoms. The normalized spacial score (nSPS) is 16.5. The number of H-pyrrole nitrogens is 2. The summed E-state index contributed by atoms with van der Waals surface area (Å²) in [4.78, 5) is 20.9. The fourth-order valence-electron chi connectivity index (χ4n) is 3.69. The van der Waals surface area contributed by atoms with Crippen LogP contribution in [0.25, 0.3) is 11.0 Å². The minimum absolute atomic E-state index is 0.0435. The first kappa shape index (κ1) is 17.9. The van der Waals surface area contributed by atoms with Gasteiger partial charge in [0.25, 0.3) is 5.91 Å². The zero-order chi connectivity index (χ0) is 18.8. The Morgan fingerprint density at radius 3 is 2.85 bits per heavy atom. The van der Waals surface area contributed by atoms with Gasteiger partial charge >= 0.3 is 0 Å². The number of amides is 1. The van der Waals surface area contributed by atoms with Gasteiger partial charge < -0.3 is 19.7 Å².